The zero-order valence-electron chi connectivity index (χ0n) is 12.0. The number of benzene rings is 1. The summed E-state index contributed by atoms with van der Waals surface area (Å²) in [6.45, 7) is 0. The molecular weight excluding hydrogens is 287 g/mol. The van der Waals surface area contributed by atoms with E-state index in [-0.39, 0.29) is 24.2 Å². The van der Waals surface area contributed by atoms with E-state index in [2.05, 4.69) is 5.32 Å². The summed E-state index contributed by atoms with van der Waals surface area (Å²) in [5, 5.41) is 2.89. The molecule has 0 bridgehead atoms. The molecule has 3 N–H and O–H groups in total. The van der Waals surface area contributed by atoms with E-state index in [0.29, 0.717) is 16.5 Å². The van der Waals surface area contributed by atoms with Gasteiger partial charge in [0.1, 0.15) is 5.82 Å². The van der Waals surface area contributed by atoms with Gasteiger partial charge in [-0.05, 0) is 30.4 Å². The van der Waals surface area contributed by atoms with Gasteiger partial charge in [-0.25, -0.2) is 4.39 Å². The minimum Gasteiger partial charge on any atom is -0.392 e. The Bertz CT molecular complexity index is 515. The van der Waals surface area contributed by atoms with Crippen LogP contribution in [-0.4, -0.2) is 16.9 Å². The molecule has 1 aliphatic rings. The van der Waals surface area contributed by atoms with Crippen molar-refractivity contribution in [3.63, 3.8) is 0 Å². The number of hydrogen-bond acceptors (Lipinski definition) is 2. The first kappa shape index (κ1) is 15.9. The number of rotatable bonds is 5. The maximum absolute atomic E-state index is 13.6. The zero-order valence-corrected chi connectivity index (χ0v) is 12.8. The molecule has 0 heterocycles. The fourth-order valence-corrected chi connectivity index (χ4v) is 3.18. The van der Waals surface area contributed by atoms with Crippen LogP contribution < -0.4 is 11.1 Å². The van der Waals surface area contributed by atoms with Crippen LogP contribution in [0.15, 0.2) is 24.3 Å². The van der Waals surface area contributed by atoms with E-state index >= 15 is 0 Å². The lowest BCUT2D eigenvalue weighted by molar-refractivity contribution is -0.121. The van der Waals surface area contributed by atoms with Crippen molar-refractivity contribution < 1.29 is 9.18 Å². The van der Waals surface area contributed by atoms with Crippen molar-refractivity contribution in [3.05, 3.63) is 35.6 Å². The standard InChI is InChI=1S/C16H21FN2OS/c17-13-9-5-4-8-12(13)10-14(20)19-15(16(18)21)11-6-2-1-3-7-11/h4-5,8-9,11,15H,1-3,6-7,10H2,(H2,18,21)(H,19,20). The molecular formula is C16H21FN2OS. The van der Waals surface area contributed by atoms with E-state index < -0.39 is 0 Å². The Kier molecular flexibility index (Phi) is 5.67. The number of hydrogen-bond donors (Lipinski definition) is 2. The summed E-state index contributed by atoms with van der Waals surface area (Å²) < 4.78 is 13.6. The van der Waals surface area contributed by atoms with Gasteiger partial charge < -0.3 is 11.1 Å². The molecule has 1 atom stereocenters. The molecule has 1 fully saturated rings. The molecule has 21 heavy (non-hydrogen) atoms. The van der Waals surface area contributed by atoms with Crippen molar-refractivity contribution in [2.75, 3.05) is 0 Å². The van der Waals surface area contributed by atoms with E-state index in [9.17, 15) is 9.18 Å². The summed E-state index contributed by atoms with van der Waals surface area (Å²) in [7, 11) is 0. The molecule has 0 radical (unpaired) electrons. The fraction of sp³-hybridized carbons (Fsp3) is 0.500. The van der Waals surface area contributed by atoms with Crippen LogP contribution in [-0.2, 0) is 11.2 Å². The predicted molar refractivity (Wildman–Crippen MR) is 85.4 cm³/mol. The van der Waals surface area contributed by atoms with Gasteiger partial charge in [-0.15, -0.1) is 0 Å². The van der Waals surface area contributed by atoms with Crippen LogP contribution >= 0.6 is 12.2 Å². The lowest BCUT2D eigenvalue weighted by atomic mass is 9.83. The second-order valence-electron chi connectivity index (χ2n) is 5.61. The highest BCUT2D eigenvalue weighted by Crippen LogP contribution is 2.26. The summed E-state index contributed by atoms with van der Waals surface area (Å²) in [5.74, 6) is -0.290. The first-order valence-corrected chi connectivity index (χ1v) is 7.81. The van der Waals surface area contributed by atoms with Crippen molar-refractivity contribution in [2.24, 2.45) is 11.7 Å². The largest absolute Gasteiger partial charge is 0.392 e. The van der Waals surface area contributed by atoms with Gasteiger partial charge in [-0.2, -0.15) is 0 Å². The van der Waals surface area contributed by atoms with E-state index in [4.69, 9.17) is 18.0 Å². The molecule has 0 spiro atoms. The van der Waals surface area contributed by atoms with Gasteiger partial charge in [0, 0.05) is 0 Å². The van der Waals surface area contributed by atoms with Gasteiger partial charge in [0.25, 0.3) is 0 Å². The van der Waals surface area contributed by atoms with Crippen LogP contribution in [0.25, 0.3) is 0 Å². The normalized spacial score (nSPS) is 17.2. The van der Waals surface area contributed by atoms with Crippen molar-refractivity contribution in [3.8, 4) is 0 Å². The Morgan fingerprint density at radius 3 is 2.62 bits per heavy atom. The Balaban J connectivity index is 1.98. The average Bonchev–Trinajstić information content (AvgIpc) is 2.48. The highest BCUT2D eigenvalue weighted by atomic mass is 32.1. The first-order chi connectivity index (χ1) is 10.1. The second-order valence-corrected chi connectivity index (χ2v) is 6.09. The van der Waals surface area contributed by atoms with Gasteiger partial charge in [-0.3, -0.25) is 4.79 Å². The fourth-order valence-electron chi connectivity index (χ4n) is 2.93. The zero-order chi connectivity index (χ0) is 15.2. The van der Waals surface area contributed by atoms with Crippen LogP contribution in [0.5, 0.6) is 0 Å². The quantitative estimate of drug-likeness (QED) is 0.822. The predicted octanol–water partition coefficient (Wildman–Crippen LogP) is 2.72. The van der Waals surface area contributed by atoms with Gasteiger partial charge in [-0.1, -0.05) is 49.7 Å². The smallest absolute Gasteiger partial charge is 0.225 e. The first-order valence-electron chi connectivity index (χ1n) is 7.40. The van der Waals surface area contributed by atoms with Crippen LogP contribution in [0.1, 0.15) is 37.7 Å². The van der Waals surface area contributed by atoms with Crippen LogP contribution in [0, 0.1) is 11.7 Å². The Morgan fingerprint density at radius 2 is 2.00 bits per heavy atom. The summed E-state index contributed by atoms with van der Waals surface area (Å²) in [6, 6.07) is 6.02. The Labute approximate surface area is 130 Å². The summed E-state index contributed by atoms with van der Waals surface area (Å²) in [4.78, 5) is 12.5. The third-order valence-electron chi connectivity index (χ3n) is 4.05. The van der Waals surface area contributed by atoms with Crippen LogP contribution in [0.3, 0.4) is 0 Å². The topological polar surface area (TPSA) is 55.1 Å². The Morgan fingerprint density at radius 1 is 1.33 bits per heavy atom. The van der Waals surface area contributed by atoms with E-state index in [1.54, 1.807) is 18.2 Å². The van der Waals surface area contributed by atoms with Crippen LogP contribution in [0.4, 0.5) is 4.39 Å². The minimum atomic E-state index is -0.364. The third kappa shape index (κ3) is 4.49. The molecule has 2 rings (SSSR count). The lowest BCUT2D eigenvalue weighted by Gasteiger charge is -2.30. The molecule has 1 amide bonds. The minimum absolute atomic E-state index is 0.0124. The molecule has 0 aliphatic heterocycles. The molecule has 1 aliphatic carbocycles. The van der Waals surface area contributed by atoms with Gasteiger partial charge in [0.15, 0.2) is 0 Å². The monoisotopic (exact) mass is 308 g/mol. The van der Waals surface area contributed by atoms with E-state index in [1.807, 2.05) is 0 Å². The number of carbonyl (C=O) groups excluding carboxylic acids is 1. The maximum Gasteiger partial charge on any atom is 0.225 e. The SMILES string of the molecule is NC(=S)C(NC(=O)Cc1ccccc1F)C1CCCCC1. The number of carbonyl (C=O) groups is 1. The number of nitrogens with one attached hydrogen (secondary N) is 1. The molecule has 1 unspecified atom stereocenters. The number of nitrogens with two attached hydrogens (primary N) is 1. The maximum atomic E-state index is 13.6. The number of amides is 1. The molecule has 114 valence electrons. The molecule has 1 saturated carbocycles. The van der Waals surface area contributed by atoms with Crippen molar-refractivity contribution in [1.29, 1.82) is 0 Å². The van der Waals surface area contributed by atoms with Gasteiger partial charge in [0.2, 0.25) is 5.91 Å². The molecule has 0 aromatic heterocycles. The molecule has 5 heteroatoms. The highest BCUT2D eigenvalue weighted by Gasteiger charge is 2.27. The van der Waals surface area contributed by atoms with Crippen molar-refractivity contribution in [2.45, 2.75) is 44.6 Å². The van der Waals surface area contributed by atoms with E-state index in [1.165, 1.54) is 12.5 Å². The van der Waals surface area contributed by atoms with Gasteiger partial charge >= 0.3 is 0 Å². The molecule has 3 nitrogen and oxygen atoms in total. The number of halogens is 1. The third-order valence-corrected chi connectivity index (χ3v) is 4.31. The summed E-state index contributed by atoms with van der Waals surface area (Å²) in [5.41, 5.74) is 6.17. The lowest BCUT2D eigenvalue weighted by Crippen LogP contribution is -2.49. The number of thiocarbonyl (C=S) groups is 1. The Hall–Kier alpha value is -1.49. The van der Waals surface area contributed by atoms with Crippen molar-refractivity contribution >= 4 is 23.1 Å². The summed E-state index contributed by atoms with van der Waals surface area (Å²) >= 11 is 5.10. The molecule has 1 aromatic carbocycles. The highest BCUT2D eigenvalue weighted by molar-refractivity contribution is 7.80. The molecule has 0 saturated heterocycles. The van der Waals surface area contributed by atoms with Crippen LogP contribution in [0.2, 0.25) is 0 Å². The average molecular weight is 308 g/mol. The summed E-state index contributed by atoms with van der Waals surface area (Å²) in [6.07, 6.45) is 5.59. The molecule has 1 aromatic rings. The van der Waals surface area contributed by atoms with E-state index in [0.717, 1.165) is 25.7 Å². The van der Waals surface area contributed by atoms with Crippen molar-refractivity contribution in [1.82, 2.24) is 5.32 Å². The van der Waals surface area contributed by atoms with Gasteiger partial charge in [0.05, 0.1) is 17.5 Å². The second kappa shape index (κ2) is 7.50.